The van der Waals surface area contributed by atoms with Gasteiger partial charge in [-0.3, -0.25) is 9.25 Å². The first-order chi connectivity index (χ1) is 8.66. The van der Waals surface area contributed by atoms with E-state index in [1.807, 2.05) is 29.3 Å². The van der Waals surface area contributed by atoms with Crippen molar-refractivity contribution in [2.75, 3.05) is 0 Å². The average Bonchev–Trinajstić information content (AvgIpc) is 2.81. The first kappa shape index (κ1) is 11.1. The molecule has 3 aromatic rings. The second-order valence-corrected chi connectivity index (χ2v) is 4.51. The van der Waals surface area contributed by atoms with Gasteiger partial charge in [-0.05, 0) is 25.2 Å². The monoisotopic (exact) mass is 260 g/mol. The van der Waals surface area contributed by atoms with Crippen molar-refractivity contribution in [1.29, 1.82) is 0 Å². The third kappa shape index (κ3) is 1.63. The molecular weight excluding hydrogens is 248 g/mol. The van der Waals surface area contributed by atoms with Gasteiger partial charge in [0.2, 0.25) is 0 Å². The standard InChI is InChI=1S/C11H12N6S/c1-7-9-10(16(2)15-7)17(11(18)14-9)5-8-3-4-12-6-13-8/h3-4,6H,5H2,1-2H3,(H,14,18). The third-order valence-electron chi connectivity index (χ3n) is 2.89. The summed E-state index contributed by atoms with van der Waals surface area (Å²) in [5.41, 5.74) is 3.83. The number of aromatic nitrogens is 6. The van der Waals surface area contributed by atoms with Crippen molar-refractivity contribution >= 4 is 23.4 Å². The molecule has 0 aliphatic rings. The first-order valence-electron chi connectivity index (χ1n) is 5.54. The summed E-state index contributed by atoms with van der Waals surface area (Å²) in [6, 6.07) is 1.88. The minimum atomic E-state index is 0.611. The minimum absolute atomic E-state index is 0.611. The molecule has 0 radical (unpaired) electrons. The van der Waals surface area contributed by atoms with Crippen LogP contribution in [0.2, 0.25) is 0 Å². The van der Waals surface area contributed by atoms with E-state index in [-0.39, 0.29) is 0 Å². The molecule has 0 unspecified atom stereocenters. The van der Waals surface area contributed by atoms with Crippen molar-refractivity contribution in [3.63, 3.8) is 0 Å². The number of hydrogen-bond acceptors (Lipinski definition) is 4. The van der Waals surface area contributed by atoms with Crippen LogP contribution in [0.5, 0.6) is 0 Å². The molecule has 3 heterocycles. The Morgan fingerprint density at radius 3 is 3.00 bits per heavy atom. The number of rotatable bonds is 2. The van der Waals surface area contributed by atoms with E-state index >= 15 is 0 Å². The number of nitrogens with zero attached hydrogens (tertiary/aromatic N) is 5. The normalized spacial score (nSPS) is 11.2. The molecule has 0 atom stereocenters. The zero-order valence-corrected chi connectivity index (χ0v) is 10.9. The highest BCUT2D eigenvalue weighted by atomic mass is 32.1. The molecule has 0 amide bonds. The summed E-state index contributed by atoms with van der Waals surface area (Å²) in [7, 11) is 1.91. The van der Waals surface area contributed by atoms with Crippen LogP contribution in [0, 0.1) is 11.7 Å². The quantitative estimate of drug-likeness (QED) is 0.710. The summed E-state index contributed by atoms with van der Waals surface area (Å²) in [6.45, 7) is 2.57. The number of fused-ring (bicyclic) bond motifs is 1. The Hall–Kier alpha value is -2.02. The van der Waals surface area contributed by atoms with Crippen LogP contribution in [0.1, 0.15) is 11.4 Å². The summed E-state index contributed by atoms with van der Waals surface area (Å²) in [5.74, 6) is 0. The van der Waals surface area contributed by atoms with Crippen molar-refractivity contribution < 1.29 is 0 Å². The van der Waals surface area contributed by atoms with Gasteiger partial charge in [0, 0.05) is 13.2 Å². The van der Waals surface area contributed by atoms with Gasteiger partial charge in [0.15, 0.2) is 10.4 Å². The molecule has 92 valence electrons. The predicted molar refractivity (Wildman–Crippen MR) is 69.8 cm³/mol. The molecule has 0 aromatic carbocycles. The fourth-order valence-corrected chi connectivity index (χ4v) is 2.35. The van der Waals surface area contributed by atoms with Gasteiger partial charge in [0.1, 0.15) is 11.8 Å². The van der Waals surface area contributed by atoms with Crippen LogP contribution in [0.25, 0.3) is 11.2 Å². The molecule has 0 aliphatic carbocycles. The lowest BCUT2D eigenvalue weighted by Gasteiger charge is -2.03. The van der Waals surface area contributed by atoms with Gasteiger partial charge in [-0.25, -0.2) is 9.97 Å². The Kier molecular flexibility index (Phi) is 2.48. The molecule has 0 saturated carbocycles. The van der Waals surface area contributed by atoms with Gasteiger partial charge in [0.05, 0.1) is 17.9 Å². The fraction of sp³-hybridized carbons (Fsp3) is 0.273. The fourth-order valence-electron chi connectivity index (χ4n) is 2.09. The highest BCUT2D eigenvalue weighted by Crippen LogP contribution is 2.17. The summed E-state index contributed by atoms with van der Waals surface area (Å²) < 4.78 is 4.50. The van der Waals surface area contributed by atoms with E-state index in [0.29, 0.717) is 11.3 Å². The number of aromatic amines is 1. The maximum absolute atomic E-state index is 5.35. The van der Waals surface area contributed by atoms with Crippen molar-refractivity contribution in [2.45, 2.75) is 13.5 Å². The van der Waals surface area contributed by atoms with Gasteiger partial charge >= 0.3 is 0 Å². The summed E-state index contributed by atoms with van der Waals surface area (Å²) in [5, 5.41) is 4.38. The molecule has 18 heavy (non-hydrogen) atoms. The highest BCUT2D eigenvalue weighted by Gasteiger charge is 2.12. The zero-order chi connectivity index (χ0) is 12.7. The van der Waals surface area contributed by atoms with Gasteiger partial charge in [-0.2, -0.15) is 5.10 Å². The Balaban J connectivity index is 2.17. The Bertz CT molecular complexity index is 751. The van der Waals surface area contributed by atoms with Crippen LogP contribution < -0.4 is 0 Å². The lowest BCUT2D eigenvalue weighted by atomic mass is 10.4. The molecule has 0 saturated heterocycles. The third-order valence-corrected chi connectivity index (χ3v) is 3.21. The van der Waals surface area contributed by atoms with Crippen LogP contribution in [-0.4, -0.2) is 29.3 Å². The maximum atomic E-state index is 5.35. The van der Waals surface area contributed by atoms with Crippen LogP contribution in [0.4, 0.5) is 0 Å². The van der Waals surface area contributed by atoms with E-state index in [2.05, 4.69) is 20.1 Å². The van der Waals surface area contributed by atoms with Crippen molar-refractivity contribution in [3.05, 3.63) is 34.7 Å². The number of hydrogen-bond donors (Lipinski definition) is 1. The molecule has 1 N–H and O–H groups in total. The van der Waals surface area contributed by atoms with Crippen LogP contribution in [0.15, 0.2) is 18.6 Å². The van der Waals surface area contributed by atoms with E-state index in [9.17, 15) is 0 Å². The van der Waals surface area contributed by atoms with E-state index in [1.165, 1.54) is 6.33 Å². The van der Waals surface area contributed by atoms with E-state index in [4.69, 9.17) is 12.2 Å². The number of aryl methyl sites for hydroxylation is 2. The van der Waals surface area contributed by atoms with Crippen molar-refractivity contribution in [3.8, 4) is 0 Å². The molecular formula is C11H12N6S. The van der Waals surface area contributed by atoms with Gasteiger partial charge in [0.25, 0.3) is 0 Å². The lowest BCUT2D eigenvalue weighted by molar-refractivity contribution is 0.705. The maximum Gasteiger partial charge on any atom is 0.179 e. The molecule has 0 fully saturated rings. The summed E-state index contributed by atoms with van der Waals surface area (Å²) >= 11 is 5.35. The Morgan fingerprint density at radius 1 is 1.44 bits per heavy atom. The first-order valence-corrected chi connectivity index (χ1v) is 5.94. The Morgan fingerprint density at radius 2 is 2.28 bits per heavy atom. The minimum Gasteiger partial charge on any atom is -0.328 e. The van der Waals surface area contributed by atoms with Gasteiger partial charge in [-0.1, -0.05) is 0 Å². The summed E-state index contributed by atoms with van der Waals surface area (Å²) in [4.78, 5) is 11.3. The second-order valence-electron chi connectivity index (χ2n) is 4.12. The molecule has 3 rings (SSSR count). The average molecular weight is 260 g/mol. The van der Waals surface area contributed by atoms with Crippen LogP contribution >= 0.6 is 12.2 Å². The SMILES string of the molecule is Cc1nn(C)c2c1[nH]c(=S)n2Cc1ccncn1. The van der Waals surface area contributed by atoms with E-state index in [0.717, 1.165) is 22.6 Å². The van der Waals surface area contributed by atoms with Crippen LogP contribution in [0.3, 0.4) is 0 Å². The van der Waals surface area contributed by atoms with E-state index in [1.54, 1.807) is 6.20 Å². The zero-order valence-electron chi connectivity index (χ0n) is 10.1. The molecule has 0 bridgehead atoms. The van der Waals surface area contributed by atoms with Crippen molar-refractivity contribution in [2.24, 2.45) is 7.05 Å². The highest BCUT2D eigenvalue weighted by molar-refractivity contribution is 7.71. The topological polar surface area (TPSA) is 64.3 Å². The molecule has 0 aliphatic heterocycles. The molecule has 7 heteroatoms. The van der Waals surface area contributed by atoms with Crippen LogP contribution in [-0.2, 0) is 13.6 Å². The smallest absolute Gasteiger partial charge is 0.179 e. The predicted octanol–water partition coefficient (Wildman–Crippen LogP) is 1.58. The second kappa shape index (κ2) is 4.02. The van der Waals surface area contributed by atoms with Gasteiger partial charge in [-0.15, -0.1) is 0 Å². The molecule has 6 nitrogen and oxygen atoms in total. The lowest BCUT2D eigenvalue weighted by Crippen LogP contribution is -2.05. The number of H-pyrrole nitrogens is 1. The largest absolute Gasteiger partial charge is 0.328 e. The number of imidazole rings is 1. The van der Waals surface area contributed by atoms with Gasteiger partial charge < -0.3 is 4.98 Å². The number of nitrogens with one attached hydrogen (secondary N) is 1. The molecule has 3 aromatic heterocycles. The Labute approximate surface area is 108 Å². The summed E-state index contributed by atoms with van der Waals surface area (Å²) in [6.07, 6.45) is 3.27. The van der Waals surface area contributed by atoms with E-state index < -0.39 is 0 Å². The van der Waals surface area contributed by atoms with Crippen molar-refractivity contribution in [1.82, 2.24) is 29.3 Å². The molecule has 0 spiro atoms.